The summed E-state index contributed by atoms with van der Waals surface area (Å²) in [6.45, 7) is 7.23. The molecule has 0 bridgehead atoms. The molecule has 0 spiro atoms. The van der Waals surface area contributed by atoms with Gasteiger partial charge in [-0.3, -0.25) is 20.4 Å². The van der Waals surface area contributed by atoms with Crippen LogP contribution in [-0.4, -0.2) is 44.6 Å². The maximum atomic E-state index is 12.0. The van der Waals surface area contributed by atoms with Crippen LogP contribution in [0.3, 0.4) is 0 Å². The molecule has 0 aliphatic carbocycles. The molecule has 0 aliphatic rings. The van der Waals surface area contributed by atoms with Gasteiger partial charge in [0.2, 0.25) is 0 Å². The average Bonchev–Trinajstić information content (AvgIpc) is 3.26. The predicted molar refractivity (Wildman–Crippen MR) is 118 cm³/mol. The normalized spacial score (nSPS) is 11.3. The van der Waals surface area contributed by atoms with E-state index in [-0.39, 0.29) is 11.7 Å². The molecule has 3 aromatic heterocycles. The zero-order valence-electron chi connectivity index (χ0n) is 18.6. The summed E-state index contributed by atoms with van der Waals surface area (Å²) in [7, 11) is 1.39. The fraction of sp³-hybridized carbons (Fsp3) is 0.318. The van der Waals surface area contributed by atoms with E-state index in [1.807, 2.05) is 0 Å². The minimum Gasteiger partial charge on any atom is -0.456 e. The van der Waals surface area contributed by atoms with Gasteiger partial charge >= 0.3 is 6.03 Å². The first kappa shape index (κ1) is 22.9. The molecule has 3 N–H and O–H groups in total. The third-order valence-electron chi connectivity index (χ3n) is 4.65. The predicted octanol–water partition coefficient (Wildman–Crippen LogP) is 3.86. The minimum atomic E-state index is -1.13. The second-order valence-electron chi connectivity index (χ2n) is 7.82. The second kappa shape index (κ2) is 9.56. The molecule has 10 heteroatoms. The van der Waals surface area contributed by atoms with Crippen LogP contribution in [0.4, 0.5) is 10.6 Å². The molecular weight excluding hydrogens is 412 g/mol. The summed E-state index contributed by atoms with van der Waals surface area (Å²) >= 11 is 0. The van der Waals surface area contributed by atoms with E-state index in [2.05, 4.69) is 44.4 Å². The summed E-state index contributed by atoms with van der Waals surface area (Å²) in [5.41, 5.74) is 0.376. The highest BCUT2D eigenvalue weighted by Crippen LogP contribution is 2.26. The molecule has 3 aromatic rings. The number of carbonyl (C=O) groups is 2. The molecule has 168 valence electrons. The van der Waals surface area contributed by atoms with Crippen LogP contribution in [0.2, 0.25) is 0 Å². The highest BCUT2D eigenvalue weighted by molar-refractivity contribution is 6.03. The molecule has 0 unspecified atom stereocenters. The molecule has 3 amide bonds. The number of aromatic nitrogens is 4. The smallest absolute Gasteiger partial charge is 0.327 e. The number of rotatable bonds is 7. The van der Waals surface area contributed by atoms with Crippen molar-refractivity contribution in [3.8, 4) is 22.9 Å². The number of hydrogen-bond donors (Lipinski definition) is 3. The van der Waals surface area contributed by atoms with Gasteiger partial charge in [-0.25, -0.2) is 14.8 Å². The molecule has 3 heterocycles. The van der Waals surface area contributed by atoms with E-state index >= 15 is 0 Å². The van der Waals surface area contributed by atoms with E-state index in [0.717, 1.165) is 11.5 Å². The minimum absolute atomic E-state index is 0.256. The number of imidazole rings is 1. The topological polar surface area (TPSA) is 131 Å². The summed E-state index contributed by atoms with van der Waals surface area (Å²) in [5, 5.41) is 4.69. The molecule has 32 heavy (non-hydrogen) atoms. The van der Waals surface area contributed by atoms with E-state index in [1.165, 1.54) is 13.3 Å². The monoisotopic (exact) mass is 438 g/mol. The van der Waals surface area contributed by atoms with E-state index in [9.17, 15) is 9.59 Å². The maximum Gasteiger partial charge on any atom is 0.327 e. The summed E-state index contributed by atoms with van der Waals surface area (Å²) in [6, 6.07) is 6.02. The van der Waals surface area contributed by atoms with Crippen molar-refractivity contribution in [2.75, 3.05) is 12.4 Å². The van der Waals surface area contributed by atoms with Crippen LogP contribution in [0.15, 0.2) is 42.9 Å². The van der Waals surface area contributed by atoms with Crippen molar-refractivity contribution < 1.29 is 19.1 Å². The van der Waals surface area contributed by atoms with Gasteiger partial charge in [0, 0.05) is 25.3 Å². The van der Waals surface area contributed by atoms with Crippen molar-refractivity contribution in [1.29, 1.82) is 0 Å². The largest absolute Gasteiger partial charge is 0.456 e. The van der Waals surface area contributed by atoms with Gasteiger partial charge in [-0.2, -0.15) is 0 Å². The third-order valence-corrected chi connectivity index (χ3v) is 4.65. The van der Waals surface area contributed by atoms with Crippen LogP contribution < -0.4 is 15.4 Å². The average molecular weight is 438 g/mol. The zero-order chi connectivity index (χ0) is 23.3. The van der Waals surface area contributed by atoms with Crippen molar-refractivity contribution in [2.24, 2.45) is 0 Å². The van der Waals surface area contributed by atoms with Crippen molar-refractivity contribution in [1.82, 2.24) is 25.3 Å². The Balaban J connectivity index is 1.62. The van der Waals surface area contributed by atoms with Crippen molar-refractivity contribution >= 4 is 17.8 Å². The lowest BCUT2D eigenvalue weighted by atomic mass is 10.1. The molecule has 0 saturated carbocycles. The number of methoxy groups -OCH3 is 1. The number of ether oxygens (including phenoxy) is 2. The Morgan fingerprint density at radius 1 is 1.06 bits per heavy atom. The van der Waals surface area contributed by atoms with Crippen LogP contribution in [0.5, 0.6) is 11.5 Å². The number of amides is 3. The van der Waals surface area contributed by atoms with Crippen molar-refractivity contribution in [3.63, 3.8) is 0 Å². The maximum absolute atomic E-state index is 12.0. The summed E-state index contributed by atoms with van der Waals surface area (Å²) < 4.78 is 10.9. The van der Waals surface area contributed by atoms with Gasteiger partial charge in [-0.1, -0.05) is 13.8 Å². The number of hydrogen-bond acceptors (Lipinski definition) is 7. The third kappa shape index (κ3) is 5.67. The molecule has 0 fully saturated rings. The Morgan fingerprint density at radius 2 is 1.84 bits per heavy atom. The Morgan fingerprint density at radius 3 is 2.47 bits per heavy atom. The number of aromatic amines is 1. The van der Waals surface area contributed by atoms with E-state index < -0.39 is 17.5 Å². The van der Waals surface area contributed by atoms with Gasteiger partial charge in [0.15, 0.2) is 0 Å². The number of H-pyrrole nitrogens is 1. The number of pyridine rings is 2. The van der Waals surface area contributed by atoms with Crippen LogP contribution in [0, 0.1) is 0 Å². The first-order valence-corrected chi connectivity index (χ1v) is 10.0. The lowest BCUT2D eigenvalue weighted by molar-refractivity contribution is -0.138. The Kier molecular flexibility index (Phi) is 6.84. The Labute approximate surface area is 185 Å². The molecular formula is C22H26N6O4. The van der Waals surface area contributed by atoms with Crippen molar-refractivity contribution in [2.45, 2.75) is 39.2 Å². The number of anilines is 1. The number of carbonyl (C=O) groups excluding carboxylic acids is 2. The quantitative estimate of drug-likeness (QED) is 0.510. The molecule has 0 aromatic carbocycles. The van der Waals surface area contributed by atoms with E-state index in [0.29, 0.717) is 17.2 Å². The number of imide groups is 1. The molecule has 0 atom stereocenters. The lowest BCUT2D eigenvalue weighted by Gasteiger charge is -2.20. The number of urea groups is 1. The highest BCUT2D eigenvalue weighted by Gasteiger charge is 2.28. The fourth-order valence-electron chi connectivity index (χ4n) is 2.53. The van der Waals surface area contributed by atoms with Gasteiger partial charge in [0.1, 0.15) is 28.7 Å². The van der Waals surface area contributed by atoms with Crippen molar-refractivity contribution in [3.05, 3.63) is 48.7 Å². The van der Waals surface area contributed by atoms with Gasteiger partial charge in [-0.05, 0) is 32.0 Å². The van der Waals surface area contributed by atoms with Crippen LogP contribution >= 0.6 is 0 Å². The number of nitrogens with zero attached hydrogens (tertiary/aromatic N) is 3. The first-order valence-electron chi connectivity index (χ1n) is 10.0. The summed E-state index contributed by atoms with van der Waals surface area (Å²) in [4.78, 5) is 40.1. The zero-order valence-corrected chi connectivity index (χ0v) is 18.6. The summed E-state index contributed by atoms with van der Waals surface area (Å²) in [6.07, 6.45) is 4.85. The Bertz CT molecular complexity index is 1090. The van der Waals surface area contributed by atoms with Gasteiger partial charge in [0.25, 0.3) is 5.91 Å². The molecule has 0 aliphatic heterocycles. The lowest BCUT2D eigenvalue weighted by Crippen LogP contribution is -2.47. The van der Waals surface area contributed by atoms with Crippen LogP contribution in [-0.2, 0) is 9.53 Å². The van der Waals surface area contributed by atoms with E-state index in [4.69, 9.17) is 9.47 Å². The molecule has 10 nitrogen and oxygen atoms in total. The standard InChI is InChI=1S/C22H26N6O4/c1-13(2)19-25-12-17(26-19)16-10-14(8-9-23-16)32-15-6-7-18(24-11-15)27-21(30)28-20(29)22(3,4)31-5/h6-13H,1-5H3,(H,25,26)(H2,24,27,28,29,30). The van der Waals surface area contributed by atoms with Gasteiger partial charge in [-0.15, -0.1) is 0 Å². The second-order valence-corrected chi connectivity index (χ2v) is 7.82. The van der Waals surface area contributed by atoms with Gasteiger partial charge < -0.3 is 14.5 Å². The van der Waals surface area contributed by atoms with Gasteiger partial charge in [0.05, 0.1) is 23.8 Å². The SMILES string of the molecule is COC(C)(C)C(=O)NC(=O)Nc1ccc(Oc2ccnc(-c3cnc(C(C)C)[nH]3)c2)cn1. The van der Waals surface area contributed by atoms with Crippen LogP contribution in [0.25, 0.3) is 11.4 Å². The molecule has 3 rings (SSSR count). The first-order chi connectivity index (χ1) is 15.2. The molecule has 0 saturated heterocycles. The van der Waals surface area contributed by atoms with E-state index in [1.54, 1.807) is 50.5 Å². The summed E-state index contributed by atoms with van der Waals surface area (Å²) in [5.74, 6) is 1.90. The highest BCUT2D eigenvalue weighted by atomic mass is 16.5. The number of nitrogens with one attached hydrogen (secondary N) is 3. The van der Waals surface area contributed by atoms with Crippen LogP contribution in [0.1, 0.15) is 39.4 Å². The Hall–Kier alpha value is -3.79. The molecule has 0 radical (unpaired) electrons. The fourth-order valence-corrected chi connectivity index (χ4v) is 2.53.